The Balaban J connectivity index is 1.60. The highest BCUT2D eigenvalue weighted by atomic mass is 32.1. The van der Waals surface area contributed by atoms with Crippen molar-refractivity contribution in [1.29, 1.82) is 0 Å². The van der Waals surface area contributed by atoms with Crippen LogP contribution >= 0.6 is 11.3 Å². The van der Waals surface area contributed by atoms with E-state index in [1.165, 1.54) is 11.3 Å². The van der Waals surface area contributed by atoms with Crippen LogP contribution in [0.4, 0.5) is 0 Å². The summed E-state index contributed by atoms with van der Waals surface area (Å²) in [6, 6.07) is 10.9. The number of hydrogen-bond acceptors (Lipinski definition) is 5. The molecule has 0 spiro atoms. The summed E-state index contributed by atoms with van der Waals surface area (Å²) in [4.78, 5) is 31.2. The van der Waals surface area contributed by atoms with Gasteiger partial charge in [0, 0.05) is 13.1 Å². The largest absolute Gasteiger partial charge is 0.448 e. The third-order valence-corrected chi connectivity index (χ3v) is 5.53. The van der Waals surface area contributed by atoms with Crippen LogP contribution in [-0.4, -0.2) is 40.8 Å². The molecular weight excluding hydrogens is 350 g/mol. The van der Waals surface area contributed by atoms with Gasteiger partial charge < -0.3 is 14.6 Å². The first kappa shape index (κ1) is 16.8. The first-order valence-corrected chi connectivity index (χ1v) is 9.53. The van der Waals surface area contributed by atoms with Crippen LogP contribution in [0.3, 0.4) is 0 Å². The Kier molecular flexibility index (Phi) is 4.46. The molecule has 7 heteroatoms. The van der Waals surface area contributed by atoms with Crippen molar-refractivity contribution in [3.05, 3.63) is 42.2 Å². The number of benzene rings is 1. The van der Waals surface area contributed by atoms with Crippen molar-refractivity contribution < 1.29 is 14.0 Å². The van der Waals surface area contributed by atoms with Gasteiger partial charge in [0.2, 0.25) is 5.91 Å². The van der Waals surface area contributed by atoms with Crippen molar-refractivity contribution in [2.24, 2.45) is 0 Å². The Morgan fingerprint density at radius 1 is 1.35 bits per heavy atom. The van der Waals surface area contributed by atoms with Crippen LogP contribution in [0.25, 0.3) is 21.0 Å². The van der Waals surface area contributed by atoms with E-state index in [2.05, 4.69) is 10.3 Å². The molecule has 4 rings (SSSR count). The minimum atomic E-state index is -0.433. The molecule has 1 atom stereocenters. The average molecular weight is 369 g/mol. The van der Waals surface area contributed by atoms with Gasteiger partial charge in [-0.2, -0.15) is 0 Å². The fourth-order valence-electron chi connectivity index (χ4n) is 3.21. The second-order valence-electron chi connectivity index (χ2n) is 6.24. The van der Waals surface area contributed by atoms with Crippen molar-refractivity contribution in [2.45, 2.75) is 25.8 Å². The molecule has 0 aliphatic carbocycles. The number of hydrogen-bond donors (Lipinski definition) is 1. The van der Waals surface area contributed by atoms with Crippen LogP contribution in [-0.2, 0) is 4.79 Å². The molecule has 1 fully saturated rings. The van der Waals surface area contributed by atoms with Crippen molar-refractivity contribution >= 4 is 33.4 Å². The third kappa shape index (κ3) is 2.99. The zero-order valence-electron chi connectivity index (χ0n) is 14.4. The molecule has 0 bridgehead atoms. The first-order valence-electron chi connectivity index (χ1n) is 8.72. The predicted molar refractivity (Wildman–Crippen MR) is 100 cm³/mol. The number of furan rings is 1. The molecule has 1 saturated heterocycles. The molecule has 26 heavy (non-hydrogen) atoms. The van der Waals surface area contributed by atoms with Crippen LogP contribution in [0.5, 0.6) is 0 Å². The molecule has 6 nitrogen and oxygen atoms in total. The van der Waals surface area contributed by atoms with Gasteiger partial charge in [0.1, 0.15) is 6.04 Å². The number of rotatable bonds is 4. The second-order valence-corrected chi connectivity index (χ2v) is 7.28. The number of fused-ring (bicyclic) bond motifs is 1. The van der Waals surface area contributed by atoms with E-state index < -0.39 is 6.04 Å². The zero-order valence-corrected chi connectivity index (χ0v) is 15.2. The van der Waals surface area contributed by atoms with E-state index >= 15 is 0 Å². The van der Waals surface area contributed by atoms with E-state index in [4.69, 9.17) is 4.42 Å². The minimum Gasteiger partial charge on any atom is -0.448 e. The van der Waals surface area contributed by atoms with Gasteiger partial charge in [-0.25, -0.2) is 4.98 Å². The molecule has 1 unspecified atom stereocenters. The van der Waals surface area contributed by atoms with E-state index in [1.54, 1.807) is 17.0 Å². The summed E-state index contributed by atoms with van der Waals surface area (Å²) >= 11 is 1.53. The van der Waals surface area contributed by atoms with Crippen LogP contribution in [0.15, 0.2) is 40.8 Å². The van der Waals surface area contributed by atoms with Gasteiger partial charge >= 0.3 is 0 Å². The molecule has 2 amide bonds. The SMILES string of the molecule is CCCC1C(=O)NCCN1C(=O)c1ccc(-c2nc3ccccc3s2)o1. The molecule has 0 radical (unpaired) electrons. The lowest BCUT2D eigenvalue weighted by Gasteiger charge is -2.34. The lowest BCUT2D eigenvalue weighted by Crippen LogP contribution is -2.57. The van der Waals surface area contributed by atoms with E-state index in [1.807, 2.05) is 31.2 Å². The number of amides is 2. The fourth-order valence-corrected chi connectivity index (χ4v) is 4.13. The lowest BCUT2D eigenvalue weighted by atomic mass is 10.1. The smallest absolute Gasteiger partial charge is 0.290 e. The summed E-state index contributed by atoms with van der Waals surface area (Å²) in [6.45, 7) is 2.96. The first-order chi connectivity index (χ1) is 12.7. The summed E-state index contributed by atoms with van der Waals surface area (Å²) < 4.78 is 6.87. The lowest BCUT2D eigenvalue weighted by molar-refractivity contribution is -0.128. The van der Waals surface area contributed by atoms with Gasteiger partial charge in [-0.3, -0.25) is 9.59 Å². The molecule has 2 aromatic heterocycles. The molecule has 134 valence electrons. The summed E-state index contributed by atoms with van der Waals surface area (Å²) in [7, 11) is 0. The summed E-state index contributed by atoms with van der Waals surface area (Å²) in [5.41, 5.74) is 0.910. The number of para-hydroxylation sites is 1. The van der Waals surface area contributed by atoms with E-state index in [0.717, 1.165) is 21.6 Å². The fraction of sp³-hybridized carbons (Fsp3) is 0.316. The van der Waals surface area contributed by atoms with Crippen molar-refractivity contribution in [2.75, 3.05) is 13.1 Å². The van der Waals surface area contributed by atoms with Gasteiger partial charge in [0.15, 0.2) is 16.5 Å². The molecule has 1 aliphatic heterocycles. The molecule has 3 aromatic rings. The predicted octanol–water partition coefficient (Wildman–Crippen LogP) is 3.30. The normalized spacial score (nSPS) is 17.5. The Hall–Kier alpha value is -2.67. The maximum atomic E-state index is 12.9. The van der Waals surface area contributed by atoms with Crippen molar-refractivity contribution in [3.8, 4) is 10.8 Å². The third-order valence-electron chi connectivity index (χ3n) is 4.48. The molecule has 1 aromatic carbocycles. The number of nitrogens with one attached hydrogen (secondary N) is 1. The molecule has 1 aliphatic rings. The quantitative estimate of drug-likeness (QED) is 0.766. The molecular formula is C19H19N3O3S. The number of nitrogens with zero attached hydrogens (tertiary/aromatic N) is 2. The van der Waals surface area contributed by atoms with Crippen LogP contribution < -0.4 is 5.32 Å². The van der Waals surface area contributed by atoms with Gasteiger partial charge in [-0.05, 0) is 30.7 Å². The summed E-state index contributed by atoms with van der Waals surface area (Å²) in [5.74, 6) is 0.480. The van der Waals surface area contributed by atoms with Crippen molar-refractivity contribution in [1.82, 2.24) is 15.2 Å². The highest BCUT2D eigenvalue weighted by molar-refractivity contribution is 7.21. The van der Waals surface area contributed by atoms with E-state index in [-0.39, 0.29) is 17.6 Å². The zero-order chi connectivity index (χ0) is 18.1. The van der Waals surface area contributed by atoms with Crippen molar-refractivity contribution in [3.63, 3.8) is 0 Å². The summed E-state index contributed by atoms with van der Waals surface area (Å²) in [6.07, 6.45) is 1.47. The van der Waals surface area contributed by atoms with Gasteiger partial charge in [0.25, 0.3) is 5.91 Å². The standard InChI is InChI=1S/C19H19N3O3S/c1-2-5-13-17(23)20-10-11-22(13)19(24)15-9-8-14(25-15)18-21-12-6-3-4-7-16(12)26-18/h3-4,6-9,13H,2,5,10-11H2,1H3,(H,20,23). The molecule has 3 heterocycles. The maximum absolute atomic E-state index is 12.9. The Bertz CT molecular complexity index is 929. The number of aromatic nitrogens is 1. The van der Waals surface area contributed by atoms with E-state index in [9.17, 15) is 9.59 Å². The Morgan fingerprint density at radius 2 is 2.19 bits per heavy atom. The molecule has 0 saturated carbocycles. The number of carbonyl (C=O) groups excluding carboxylic acids is 2. The maximum Gasteiger partial charge on any atom is 0.290 e. The van der Waals surface area contributed by atoms with Crippen LogP contribution in [0.1, 0.15) is 30.3 Å². The van der Waals surface area contributed by atoms with Gasteiger partial charge in [-0.15, -0.1) is 11.3 Å². The number of thiazole rings is 1. The highest BCUT2D eigenvalue weighted by Gasteiger charge is 2.34. The second kappa shape index (κ2) is 6.92. The molecule has 1 N–H and O–H groups in total. The van der Waals surface area contributed by atoms with Gasteiger partial charge in [-0.1, -0.05) is 25.5 Å². The minimum absolute atomic E-state index is 0.0931. The van der Waals surface area contributed by atoms with Gasteiger partial charge in [0.05, 0.1) is 10.2 Å². The number of piperazine rings is 1. The van der Waals surface area contributed by atoms with Crippen LogP contribution in [0.2, 0.25) is 0 Å². The summed E-state index contributed by atoms with van der Waals surface area (Å²) in [5, 5.41) is 3.57. The Morgan fingerprint density at radius 3 is 3.00 bits per heavy atom. The highest BCUT2D eigenvalue weighted by Crippen LogP contribution is 2.31. The average Bonchev–Trinajstić information content (AvgIpc) is 3.29. The van der Waals surface area contributed by atoms with Crippen LogP contribution in [0, 0.1) is 0 Å². The van der Waals surface area contributed by atoms with E-state index in [0.29, 0.717) is 25.3 Å². The topological polar surface area (TPSA) is 75.4 Å². The monoisotopic (exact) mass is 369 g/mol. The number of carbonyl (C=O) groups is 2. The Labute approximate surface area is 154 Å².